The van der Waals surface area contributed by atoms with Crippen molar-refractivity contribution in [3.05, 3.63) is 22.7 Å². The Bertz CT molecular complexity index is 350. The fourth-order valence-electron chi connectivity index (χ4n) is 1.07. The standard InChI is InChI=1S/C9H10ClF3N2O/c1-5(16-4-9(11,12)13)7-3-8(10)15-6(2)14-7/h3,5H,4H2,1-2H3. The van der Waals surface area contributed by atoms with E-state index in [0.29, 0.717) is 11.5 Å². The SMILES string of the molecule is Cc1nc(Cl)cc(C(C)OCC(F)(F)F)n1. The van der Waals surface area contributed by atoms with Crippen LogP contribution in [0.25, 0.3) is 0 Å². The van der Waals surface area contributed by atoms with Gasteiger partial charge in [0.15, 0.2) is 0 Å². The van der Waals surface area contributed by atoms with Gasteiger partial charge in [-0.2, -0.15) is 13.2 Å². The second-order valence-electron chi connectivity index (χ2n) is 3.23. The van der Waals surface area contributed by atoms with Crippen LogP contribution in [0.15, 0.2) is 6.07 Å². The molecule has 16 heavy (non-hydrogen) atoms. The first-order valence-corrected chi connectivity index (χ1v) is 4.85. The molecule has 1 atom stereocenters. The van der Waals surface area contributed by atoms with Crippen LogP contribution in [0.4, 0.5) is 13.2 Å². The van der Waals surface area contributed by atoms with Gasteiger partial charge in [0.2, 0.25) is 0 Å². The maximum atomic E-state index is 11.9. The van der Waals surface area contributed by atoms with Crippen molar-refractivity contribution in [3.8, 4) is 0 Å². The molecule has 1 heterocycles. The summed E-state index contributed by atoms with van der Waals surface area (Å²) in [4.78, 5) is 7.75. The van der Waals surface area contributed by atoms with Gasteiger partial charge in [-0.3, -0.25) is 0 Å². The van der Waals surface area contributed by atoms with Crippen molar-refractivity contribution in [1.29, 1.82) is 0 Å². The molecule has 0 radical (unpaired) electrons. The summed E-state index contributed by atoms with van der Waals surface area (Å²) < 4.78 is 40.3. The number of hydrogen-bond donors (Lipinski definition) is 0. The Hall–Kier alpha value is -0.880. The molecule has 0 saturated carbocycles. The molecular weight excluding hydrogens is 245 g/mol. The lowest BCUT2D eigenvalue weighted by molar-refractivity contribution is -0.184. The zero-order valence-corrected chi connectivity index (χ0v) is 9.43. The summed E-state index contributed by atoms with van der Waals surface area (Å²) in [5.74, 6) is 0.393. The molecule has 0 bridgehead atoms. The van der Waals surface area contributed by atoms with Gasteiger partial charge in [-0.05, 0) is 19.9 Å². The average molecular weight is 255 g/mol. The minimum atomic E-state index is -4.35. The lowest BCUT2D eigenvalue weighted by Crippen LogP contribution is -2.19. The van der Waals surface area contributed by atoms with Gasteiger partial charge in [-0.25, -0.2) is 9.97 Å². The zero-order chi connectivity index (χ0) is 12.3. The number of nitrogens with zero attached hydrogens (tertiary/aromatic N) is 2. The van der Waals surface area contributed by atoms with Crippen molar-refractivity contribution < 1.29 is 17.9 Å². The second-order valence-corrected chi connectivity index (χ2v) is 3.62. The molecule has 0 aliphatic carbocycles. The van der Waals surface area contributed by atoms with Gasteiger partial charge in [-0.15, -0.1) is 0 Å². The fraction of sp³-hybridized carbons (Fsp3) is 0.556. The number of ether oxygens (including phenoxy) is 1. The van der Waals surface area contributed by atoms with E-state index in [1.54, 1.807) is 6.92 Å². The average Bonchev–Trinajstić information content (AvgIpc) is 2.11. The van der Waals surface area contributed by atoms with E-state index in [1.165, 1.54) is 13.0 Å². The van der Waals surface area contributed by atoms with Crippen LogP contribution in [0.3, 0.4) is 0 Å². The van der Waals surface area contributed by atoms with Crippen LogP contribution >= 0.6 is 11.6 Å². The van der Waals surface area contributed by atoms with E-state index in [9.17, 15) is 13.2 Å². The van der Waals surface area contributed by atoms with Gasteiger partial charge in [0, 0.05) is 0 Å². The van der Waals surface area contributed by atoms with Gasteiger partial charge < -0.3 is 4.74 Å². The summed E-state index contributed by atoms with van der Waals surface area (Å²) in [5.41, 5.74) is 0.335. The molecular formula is C9H10ClF3N2O. The molecule has 0 fully saturated rings. The Morgan fingerprint density at radius 3 is 2.56 bits per heavy atom. The summed E-state index contributed by atoms with van der Waals surface area (Å²) in [7, 11) is 0. The predicted octanol–water partition coefficient (Wildman–Crippen LogP) is 3.08. The smallest absolute Gasteiger partial charge is 0.363 e. The molecule has 3 nitrogen and oxygen atoms in total. The van der Waals surface area contributed by atoms with Crippen molar-refractivity contribution in [1.82, 2.24) is 9.97 Å². The summed E-state index contributed by atoms with van der Waals surface area (Å²) in [5, 5.41) is 0.185. The van der Waals surface area contributed by atoms with Crippen LogP contribution in [-0.4, -0.2) is 22.8 Å². The molecule has 0 spiro atoms. The maximum Gasteiger partial charge on any atom is 0.411 e. The topological polar surface area (TPSA) is 35.0 Å². The minimum Gasteiger partial charge on any atom is -0.363 e. The highest BCUT2D eigenvalue weighted by Gasteiger charge is 2.29. The maximum absolute atomic E-state index is 11.9. The molecule has 1 aromatic heterocycles. The molecule has 90 valence electrons. The van der Waals surface area contributed by atoms with E-state index in [0.717, 1.165) is 0 Å². The first kappa shape index (κ1) is 13.2. The number of aromatic nitrogens is 2. The van der Waals surface area contributed by atoms with Crippen molar-refractivity contribution >= 4 is 11.6 Å². The number of alkyl halides is 3. The third-order valence-electron chi connectivity index (χ3n) is 1.74. The molecule has 0 saturated heterocycles. The molecule has 1 rings (SSSR count). The third-order valence-corrected chi connectivity index (χ3v) is 1.93. The number of halogens is 4. The second kappa shape index (κ2) is 4.97. The molecule has 1 aromatic rings. The fourth-order valence-corrected chi connectivity index (χ4v) is 1.30. The highest BCUT2D eigenvalue weighted by molar-refractivity contribution is 6.29. The van der Waals surface area contributed by atoms with Crippen molar-refractivity contribution in [3.63, 3.8) is 0 Å². The van der Waals surface area contributed by atoms with Crippen LogP contribution < -0.4 is 0 Å². The van der Waals surface area contributed by atoms with Crippen LogP contribution in [-0.2, 0) is 4.74 Å². The van der Waals surface area contributed by atoms with Gasteiger partial charge in [0.25, 0.3) is 0 Å². The number of hydrogen-bond acceptors (Lipinski definition) is 3. The largest absolute Gasteiger partial charge is 0.411 e. The van der Waals surface area contributed by atoms with Crippen LogP contribution in [0.5, 0.6) is 0 Å². The Labute approximate surface area is 95.6 Å². The molecule has 1 unspecified atom stereocenters. The number of aryl methyl sites for hydroxylation is 1. The van der Waals surface area contributed by atoms with E-state index in [4.69, 9.17) is 11.6 Å². The van der Waals surface area contributed by atoms with Crippen molar-refractivity contribution in [2.75, 3.05) is 6.61 Å². The van der Waals surface area contributed by atoms with Gasteiger partial charge >= 0.3 is 6.18 Å². The van der Waals surface area contributed by atoms with Crippen LogP contribution in [0.2, 0.25) is 5.15 Å². The first-order valence-electron chi connectivity index (χ1n) is 4.47. The normalized spacial score (nSPS) is 13.9. The highest BCUT2D eigenvalue weighted by Crippen LogP contribution is 2.22. The summed E-state index contributed by atoms with van der Waals surface area (Å²) in [6.45, 7) is 1.77. The van der Waals surface area contributed by atoms with E-state index in [-0.39, 0.29) is 5.15 Å². The lowest BCUT2D eigenvalue weighted by Gasteiger charge is -2.14. The molecule has 0 aliphatic heterocycles. The van der Waals surface area contributed by atoms with E-state index in [2.05, 4.69) is 14.7 Å². The van der Waals surface area contributed by atoms with E-state index in [1.807, 2.05) is 0 Å². The monoisotopic (exact) mass is 254 g/mol. The molecule has 0 amide bonds. The molecule has 0 N–H and O–H groups in total. The predicted molar refractivity (Wildman–Crippen MR) is 52.2 cm³/mol. The van der Waals surface area contributed by atoms with Crippen molar-refractivity contribution in [2.45, 2.75) is 26.1 Å². The van der Waals surface area contributed by atoms with Gasteiger partial charge in [0.05, 0.1) is 11.8 Å². The molecule has 0 aliphatic rings. The van der Waals surface area contributed by atoms with E-state index >= 15 is 0 Å². The molecule has 0 aromatic carbocycles. The summed E-state index contributed by atoms with van der Waals surface area (Å²) in [6.07, 6.45) is -5.12. The number of rotatable bonds is 3. The quantitative estimate of drug-likeness (QED) is 0.778. The first-order chi connectivity index (χ1) is 7.28. The molecule has 7 heteroatoms. The Balaban J connectivity index is 2.69. The van der Waals surface area contributed by atoms with E-state index < -0.39 is 18.9 Å². The zero-order valence-electron chi connectivity index (χ0n) is 8.68. The Kier molecular flexibility index (Phi) is 4.09. The van der Waals surface area contributed by atoms with Crippen molar-refractivity contribution in [2.24, 2.45) is 0 Å². The third kappa shape index (κ3) is 4.32. The van der Waals surface area contributed by atoms with Gasteiger partial charge in [0.1, 0.15) is 17.6 Å². The summed E-state index contributed by atoms with van der Waals surface area (Å²) in [6, 6.07) is 1.38. The summed E-state index contributed by atoms with van der Waals surface area (Å²) >= 11 is 5.66. The highest BCUT2D eigenvalue weighted by atomic mass is 35.5. The minimum absolute atomic E-state index is 0.185. The Morgan fingerprint density at radius 2 is 2.06 bits per heavy atom. The lowest BCUT2D eigenvalue weighted by atomic mass is 10.3. The van der Waals surface area contributed by atoms with Gasteiger partial charge in [-0.1, -0.05) is 11.6 Å². The van der Waals surface area contributed by atoms with Crippen LogP contribution in [0.1, 0.15) is 24.5 Å². The van der Waals surface area contributed by atoms with Crippen LogP contribution in [0, 0.1) is 6.92 Å². The Morgan fingerprint density at radius 1 is 1.44 bits per heavy atom.